The molecule has 0 N–H and O–H groups in total. The van der Waals surface area contributed by atoms with Crippen LogP contribution < -0.4 is 0 Å². The highest BCUT2D eigenvalue weighted by atomic mass is 15.2. The summed E-state index contributed by atoms with van der Waals surface area (Å²) in [6.07, 6.45) is 6.61. The van der Waals surface area contributed by atoms with Crippen molar-refractivity contribution in [3.8, 4) is 51.2 Å². The minimum Gasteiger partial charge on any atom is -0.310 e. The highest BCUT2D eigenvalue weighted by Gasteiger charge is 2.23. The summed E-state index contributed by atoms with van der Waals surface area (Å²) in [7, 11) is 0. The Hall–Kier alpha value is -8.35. The van der Waals surface area contributed by atoms with E-state index in [0.717, 1.165) is 79.1 Å². The van der Waals surface area contributed by atoms with Gasteiger partial charge in [0.15, 0.2) is 11.6 Å². The van der Waals surface area contributed by atoms with E-state index in [1.54, 1.807) is 0 Å². The second-order valence-electron chi connectivity index (χ2n) is 16.4. The van der Waals surface area contributed by atoms with Crippen LogP contribution in [-0.2, 0) is 6.42 Å². The molecule has 4 aromatic heterocycles. The van der Waals surface area contributed by atoms with Crippen molar-refractivity contribution < 1.29 is 0 Å². The van der Waals surface area contributed by atoms with E-state index in [-0.39, 0.29) is 0 Å². The molecule has 0 aliphatic heterocycles. The Labute approximate surface area is 363 Å². The van der Waals surface area contributed by atoms with E-state index in [9.17, 15) is 0 Å². The molecule has 0 saturated carbocycles. The van der Waals surface area contributed by atoms with Crippen molar-refractivity contribution in [2.24, 2.45) is 0 Å². The lowest BCUT2D eigenvalue weighted by Gasteiger charge is -2.12. The molecular formula is C57H38N6. The van der Waals surface area contributed by atoms with Gasteiger partial charge in [-0.1, -0.05) is 146 Å². The summed E-state index contributed by atoms with van der Waals surface area (Å²) < 4.78 is 7.02. The smallest absolute Gasteiger partial charge is 0.238 e. The van der Waals surface area contributed by atoms with E-state index in [2.05, 4.69) is 202 Å². The fraction of sp³-hybridized carbons (Fsp3) is 0.0351. The lowest BCUT2D eigenvalue weighted by Crippen LogP contribution is -2.06. The summed E-state index contributed by atoms with van der Waals surface area (Å²) in [6, 6.07) is 69.1. The number of hydrogen-bond acceptors (Lipinski definition) is 3. The number of rotatable bonds is 6. The molecular weight excluding hydrogens is 769 g/mol. The molecule has 0 atom stereocenters. The quantitative estimate of drug-likeness (QED) is 0.168. The van der Waals surface area contributed by atoms with Crippen molar-refractivity contribution in [3.63, 3.8) is 0 Å². The molecule has 0 saturated heterocycles. The Bertz CT molecular complexity index is 3760. The first-order chi connectivity index (χ1) is 31.2. The van der Waals surface area contributed by atoms with Gasteiger partial charge in [0.1, 0.15) is 0 Å². The maximum absolute atomic E-state index is 5.40. The van der Waals surface area contributed by atoms with Crippen LogP contribution in [0.25, 0.3) is 112 Å². The van der Waals surface area contributed by atoms with Gasteiger partial charge in [-0.15, -0.1) is 0 Å². The fourth-order valence-corrected chi connectivity index (χ4v) is 9.90. The zero-order chi connectivity index (χ0) is 41.4. The van der Waals surface area contributed by atoms with Crippen LogP contribution in [0, 0.1) is 0 Å². The van der Waals surface area contributed by atoms with E-state index >= 15 is 0 Å². The molecule has 6 nitrogen and oxygen atoms in total. The SMILES string of the molecule is C1=Cc2c(c3ccc(-c4nc(-c5ccccc5)nc(-n5c6ccccc6c6cc7c(cc65)c5ccccc5n7-c5ccc(-c6ccccc6)cc5)n4)cc3n2-c2ccccc2)CC1. The first kappa shape index (κ1) is 35.4. The summed E-state index contributed by atoms with van der Waals surface area (Å²) in [5.74, 6) is 1.82. The molecule has 13 rings (SSSR count). The highest BCUT2D eigenvalue weighted by molar-refractivity contribution is 6.19. The number of nitrogens with zero attached hydrogens (tertiary/aromatic N) is 6. The third kappa shape index (κ3) is 5.62. The average Bonchev–Trinajstić information content (AvgIpc) is 3.99. The van der Waals surface area contributed by atoms with Crippen LogP contribution in [0.4, 0.5) is 0 Å². The third-order valence-electron chi connectivity index (χ3n) is 12.8. The zero-order valence-corrected chi connectivity index (χ0v) is 34.2. The molecule has 12 aromatic rings. The van der Waals surface area contributed by atoms with Gasteiger partial charge in [0.25, 0.3) is 0 Å². The zero-order valence-electron chi connectivity index (χ0n) is 34.2. The number of aromatic nitrogens is 6. The number of para-hydroxylation sites is 3. The maximum atomic E-state index is 5.40. The molecule has 0 spiro atoms. The van der Waals surface area contributed by atoms with Crippen LogP contribution in [0.15, 0.2) is 200 Å². The lowest BCUT2D eigenvalue weighted by atomic mass is 10.0. The van der Waals surface area contributed by atoms with Crippen molar-refractivity contribution in [2.75, 3.05) is 0 Å². The molecule has 63 heavy (non-hydrogen) atoms. The van der Waals surface area contributed by atoms with E-state index in [4.69, 9.17) is 15.0 Å². The van der Waals surface area contributed by atoms with Crippen LogP contribution in [0.1, 0.15) is 17.7 Å². The standard InChI is InChI=1S/C57H38N6/c1-4-16-37(17-5-1)38-28-31-42(32-29-38)62-50-26-14-11-23-44(50)47-36-54-48(35-53(47)62)45-24-12-15-27-51(45)63(54)57-59-55(39-18-6-2-7-19-39)58-56(60-57)40-30-33-46-43-22-10-13-25-49(43)61(52(46)34-40)41-20-8-3-9-21-41/h1-9,11-21,23-36H,10,22H2. The van der Waals surface area contributed by atoms with Gasteiger partial charge >= 0.3 is 0 Å². The van der Waals surface area contributed by atoms with Crippen LogP contribution in [-0.4, -0.2) is 28.7 Å². The fourth-order valence-electron chi connectivity index (χ4n) is 9.90. The molecule has 8 aromatic carbocycles. The van der Waals surface area contributed by atoms with Crippen LogP contribution in [0.3, 0.4) is 0 Å². The minimum atomic E-state index is 0.574. The minimum absolute atomic E-state index is 0.574. The van der Waals surface area contributed by atoms with E-state index in [1.807, 2.05) is 18.2 Å². The van der Waals surface area contributed by atoms with Gasteiger partial charge in [0.05, 0.1) is 27.6 Å². The Morgan fingerprint density at radius 1 is 0.349 bits per heavy atom. The highest BCUT2D eigenvalue weighted by Crippen LogP contribution is 2.41. The van der Waals surface area contributed by atoms with Gasteiger partial charge in [-0.05, 0) is 90.2 Å². The molecule has 0 amide bonds. The topological polar surface area (TPSA) is 53.5 Å². The van der Waals surface area contributed by atoms with Crippen molar-refractivity contribution in [1.82, 2.24) is 28.7 Å². The first-order valence-electron chi connectivity index (χ1n) is 21.6. The van der Waals surface area contributed by atoms with Crippen LogP contribution in [0.5, 0.6) is 0 Å². The molecule has 6 heteroatoms. The summed E-state index contributed by atoms with van der Waals surface area (Å²) in [5.41, 5.74) is 14.7. The predicted octanol–water partition coefficient (Wildman–Crippen LogP) is 14.0. The second kappa shape index (κ2) is 14.1. The van der Waals surface area contributed by atoms with Crippen molar-refractivity contribution in [3.05, 3.63) is 211 Å². The van der Waals surface area contributed by atoms with E-state index in [1.165, 1.54) is 33.2 Å². The summed E-state index contributed by atoms with van der Waals surface area (Å²) in [5, 5.41) is 5.88. The molecule has 0 unspecified atom stereocenters. The number of benzene rings is 8. The number of allylic oxidation sites excluding steroid dienone is 1. The van der Waals surface area contributed by atoms with Crippen molar-refractivity contribution in [1.29, 1.82) is 0 Å². The van der Waals surface area contributed by atoms with Gasteiger partial charge in [-0.2, -0.15) is 9.97 Å². The van der Waals surface area contributed by atoms with Crippen LogP contribution >= 0.6 is 0 Å². The summed E-state index contributed by atoms with van der Waals surface area (Å²) in [6.45, 7) is 0. The van der Waals surface area contributed by atoms with E-state index < -0.39 is 0 Å². The molecule has 0 radical (unpaired) electrons. The molecule has 0 fully saturated rings. The van der Waals surface area contributed by atoms with Gasteiger partial charge in [-0.25, -0.2) is 4.98 Å². The number of aryl methyl sites for hydroxylation is 1. The average molecular weight is 807 g/mol. The number of fused-ring (bicyclic) bond motifs is 9. The normalized spacial score (nSPS) is 12.6. The monoisotopic (exact) mass is 806 g/mol. The Morgan fingerprint density at radius 2 is 0.873 bits per heavy atom. The van der Waals surface area contributed by atoms with Gasteiger partial charge < -0.3 is 9.13 Å². The molecule has 0 bridgehead atoms. The van der Waals surface area contributed by atoms with E-state index in [0.29, 0.717) is 17.6 Å². The summed E-state index contributed by atoms with van der Waals surface area (Å²) in [4.78, 5) is 15.9. The molecule has 296 valence electrons. The van der Waals surface area contributed by atoms with Gasteiger partial charge in [0.2, 0.25) is 5.95 Å². The van der Waals surface area contributed by atoms with Crippen molar-refractivity contribution in [2.45, 2.75) is 12.8 Å². The van der Waals surface area contributed by atoms with Gasteiger partial charge in [-0.3, -0.25) is 4.57 Å². The summed E-state index contributed by atoms with van der Waals surface area (Å²) >= 11 is 0. The maximum Gasteiger partial charge on any atom is 0.238 e. The van der Waals surface area contributed by atoms with Gasteiger partial charge in [0, 0.05) is 55.1 Å². The Kier molecular flexibility index (Phi) is 7.93. The Balaban J connectivity index is 1.05. The third-order valence-corrected chi connectivity index (χ3v) is 12.8. The lowest BCUT2D eigenvalue weighted by molar-refractivity contribution is 0.953. The second-order valence-corrected chi connectivity index (χ2v) is 16.4. The number of hydrogen-bond donors (Lipinski definition) is 0. The predicted molar refractivity (Wildman–Crippen MR) is 259 cm³/mol. The van der Waals surface area contributed by atoms with Crippen LogP contribution in [0.2, 0.25) is 0 Å². The first-order valence-corrected chi connectivity index (χ1v) is 21.6. The molecule has 1 aliphatic carbocycles. The molecule has 1 aliphatic rings. The van der Waals surface area contributed by atoms with Crippen molar-refractivity contribution >= 4 is 60.6 Å². The largest absolute Gasteiger partial charge is 0.310 e. The molecule has 4 heterocycles. The Morgan fingerprint density at radius 3 is 1.57 bits per heavy atom.